The first-order chi connectivity index (χ1) is 17.9. The minimum absolute atomic E-state index is 0.0593. The highest BCUT2D eigenvalue weighted by atomic mass is 35.5. The third kappa shape index (κ3) is 6.09. The first-order valence-corrected chi connectivity index (χ1v) is 15.2. The SMILES string of the molecule is C[C@H](C(=O)Nc1ccc(S(=O)(=O)Nc2cccc(Cl)c2Cl)cc1)N(c1ccc2c(c1)OCCO2)S(C)(=O)=O. The maximum Gasteiger partial charge on any atom is 0.261 e. The number of sulfonamides is 2. The van der Waals surface area contributed by atoms with Gasteiger partial charge in [0, 0.05) is 11.8 Å². The molecule has 0 aliphatic carbocycles. The average Bonchev–Trinajstić information content (AvgIpc) is 2.86. The molecular weight excluding hydrogens is 577 g/mol. The topological polar surface area (TPSA) is 131 Å². The summed E-state index contributed by atoms with van der Waals surface area (Å²) >= 11 is 12.0. The molecule has 0 unspecified atom stereocenters. The number of ether oxygens (including phenoxy) is 2. The van der Waals surface area contributed by atoms with Crippen molar-refractivity contribution in [3.05, 3.63) is 70.7 Å². The Morgan fingerprint density at radius 2 is 1.61 bits per heavy atom. The van der Waals surface area contributed by atoms with E-state index in [-0.39, 0.29) is 32.0 Å². The number of benzene rings is 3. The molecule has 3 aromatic carbocycles. The maximum atomic E-state index is 13.0. The zero-order chi connectivity index (χ0) is 27.7. The third-order valence-corrected chi connectivity index (χ3v) is 8.94. The van der Waals surface area contributed by atoms with Crippen molar-refractivity contribution in [3.63, 3.8) is 0 Å². The molecule has 1 heterocycles. The molecule has 1 aliphatic rings. The number of nitrogens with one attached hydrogen (secondary N) is 2. The van der Waals surface area contributed by atoms with Gasteiger partial charge in [0.1, 0.15) is 19.3 Å². The predicted octanol–water partition coefficient (Wildman–Crippen LogP) is 4.36. The van der Waals surface area contributed by atoms with Gasteiger partial charge in [-0.15, -0.1) is 0 Å². The Hall–Kier alpha value is -3.19. The standard InChI is InChI=1S/C24H23Cl2N3O7S2/c1-15(29(37(2,31)32)17-8-11-21-22(14-17)36-13-12-35-21)24(30)27-16-6-9-18(10-7-16)38(33,34)28-20-5-3-4-19(25)23(20)26/h3-11,14-15,28H,12-13H2,1-2H3,(H,27,30)/t15-/m1/s1. The van der Waals surface area contributed by atoms with E-state index < -0.39 is 32.0 Å². The van der Waals surface area contributed by atoms with E-state index in [1.54, 1.807) is 12.1 Å². The summed E-state index contributed by atoms with van der Waals surface area (Å²) in [5, 5.41) is 2.87. The van der Waals surface area contributed by atoms with Crippen molar-refractivity contribution in [2.24, 2.45) is 0 Å². The van der Waals surface area contributed by atoms with E-state index in [2.05, 4.69) is 10.0 Å². The Morgan fingerprint density at radius 1 is 0.947 bits per heavy atom. The lowest BCUT2D eigenvalue weighted by Gasteiger charge is -2.29. The molecule has 10 nitrogen and oxygen atoms in total. The van der Waals surface area contributed by atoms with E-state index in [4.69, 9.17) is 32.7 Å². The molecule has 1 amide bonds. The van der Waals surface area contributed by atoms with Gasteiger partial charge < -0.3 is 14.8 Å². The van der Waals surface area contributed by atoms with Gasteiger partial charge in [-0.25, -0.2) is 16.8 Å². The first-order valence-electron chi connectivity index (χ1n) is 11.1. The number of hydrogen-bond acceptors (Lipinski definition) is 7. The normalized spacial score (nSPS) is 13.9. The van der Waals surface area contributed by atoms with Crippen LogP contribution in [0.2, 0.25) is 10.0 Å². The highest BCUT2D eigenvalue weighted by Crippen LogP contribution is 2.36. The average molecular weight is 601 g/mol. The number of rotatable bonds is 8. The monoisotopic (exact) mass is 599 g/mol. The smallest absolute Gasteiger partial charge is 0.261 e. The number of fused-ring (bicyclic) bond motifs is 1. The minimum atomic E-state index is -4.01. The fourth-order valence-corrected chi connectivity index (χ4v) is 6.37. The first kappa shape index (κ1) is 27.8. The van der Waals surface area contributed by atoms with Crippen molar-refractivity contribution in [2.75, 3.05) is 33.8 Å². The van der Waals surface area contributed by atoms with E-state index in [1.165, 1.54) is 55.5 Å². The summed E-state index contributed by atoms with van der Waals surface area (Å²) in [7, 11) is -7.88. The minimum Gasteiger partial charge on any atom is -0.486 e. The summed E-state index contributed by atoms with van der Waals surface area (Å²) in [6.45, 7) is 2.13. The van der Waals surface area contributed by atoms with Crippen LogP contribution < -0.4 is 23.8 Å². The molecule has 0 aromatic heterocycles. The Bertz CT molecular complexity index is 1580. The van der Waals surface area contributed by atoms with Gasteiger partial charge in [-0.05, 0) is 55.5 Å². The molecule has 0 spiro atoms. The zero-order valence-corrected chi connectivity index (χ0v) is 23.3. The van der Waals surface area contributed by atoms with Crippen molar-refractivity contribution in [1.82, 2.24) is 0 Å². The van der Waals surface area contributed by atoms with Crippen LogP contribution in [0.1, 0.15) is 6.92 Å². The quantitative estimate of drug-likeness (QED) is 0.393. The van der Waals surface area contributed by atoms with Gasteiger partial charge in [-0.2, -0.15) is 0 Å². The summed E-state index contributed by atoms with van der Waals surface area (Å²) in [5.74, 6) is 0.219. The number of anilines is 3. The van der Waals surface area contributed by atoms with Crippen molar-refractivity contribution >= 4 is 66.2 Å². The molecule has 0 saturated carbocycles. The highest BCUT2D eigenvalue weighted by molar-refractivity contribution is 7.92. The molecule has 14 heteroatoms. The van der Waals surface area contributed by atoms with Crippen LogP contribution in [0.5, 0.6) is 11.5 Å². The molecule has 38 heavy (non-hydrogen) atoms. The molecule has 0 bridgehead atoms. The van der Waals surface area contributed by atoms with Crippen LogP contribution in [0.15, 0.2) is 65.6 Å². The van der Waals surface area contributed by atoms with Crippen molar-refractivity contribution < 1.29 is 31.1 Å². The van der Waals surface area contributed by atoms with Gasteiger partial charge in [0.2, 0.25) is 15.9 Å². The van der Waals surface area contributed by atoms with Crippen LogP contribution in [0.3, 0.4) is 0 Å². The number of halogens is 2. The highest BCUT2D eigenvalue weighted by Gasteiger charge is 2.30. The lowest BCUT2D eigenvalue weighted by molar-refractivity contribution is -0.116. The molecule has 0 fully saturated rings. The van der Waals surface area contributed by atoms with Gasteiger partial charge in [-0.3, -0.25) is 13.8 Å². The van der Waals surface area contributed by atoms with Gasteiger partial charge in [-0.1, -0.05) is 29.3 Å². The summed E-state index contributed by atoms with van der Waals surface area (Å²) in [6, 6.07) is 13.3. The predicted molar refractivity (Wildman–Crippen MR) is 147 cm³/mol. The lowest BCUT2D eigenvalue weighted by Crippen LogP contribution is -2.45. The molecule has 202 valence electrons. The third-order valence-electron chi connectivity index (χ3n) is 5.50. The van der Waals surface area contributed by atoms with Gasteiger partial charge in [0.25, 0.3) is 10.0 Å². The number of amides is 1. The molecule has 0 radical (unpaired) electrons. The number of carbonyl (C=O) groups is 1. The molecular formula is C24H23Cl2N3O7S2. The second-order valence-electron chi connectivity index (χ2n) is 8.28. The Kier molecular flexibility index (Phi) is 7.98. The summed E-state index contributed by atoms with van der Waals surface area (Å²) in [6.07, 6.45) is 0.992. The van der Waals surface area contributed by atoms with Gasteiger partial charge in [0.15, 0.2) is 11.5 Å². The molecule has 0 saturated heterocycles. The van der Waals surface area contributed by atoms with E-state index in [9.17, 15) is 21.6 Å². The van der Waals surface area contributed by atoms with E-state index in [0.29, 0.717) is 24.7 Å². The summed E-state index contributed by atoms with van der Waals surface area (Å²) in [5.41, 5.74) is 0.606. The Balaban J connectivity index is 1.51. The number of carbonyl (C=O) groups excluding carboxylic acids is 1. The van der Waals surface area contributed by atoms with E-state index in [0.717, 1.165) is 10.6 Å². The summed E-state index contributed by atoms with van der Waals surface area (Å²) < 4.78 is 65.2. The van der Waals surface area contributed by atoms with Crippen LogP contribution in [0, 0.1) is 0 Å². The molecule has 2 N–H and O–H groups in total. The molecule has 3 aromatic rings. The van der Waals surface area contributed by atoms with E-state index in [1.807, 2.05) is 0 Å². The van der Waals surface area contributed by atoms with Crippen LogP contribution >= 0.6 is 23.2 Å². The Morgan fingerprint density at radius 3 is 2.26 bits per heavy atom. The maximum absolute atomic E-state index is 13.0. The molecule has 4 rings (SSSR count). The second kappa shape index (κ2) is 10.9. The van der Waals surface area contributed by atoms with Crippen molar-refractivity contribution in [1.29, 1.82) is 0 Å². The molecule has 1 atom stereocenters. The summed E-state index contributed by atoms with van der Waals surface area (Å²) in [4.78, 5) is 12.9. The van der Waals surface area contributed by atoms with E-state index >= 15 is 0 Å². The van der Waals surface area contributed by atoms with Gasteiger partial charge in [0.05, 0.1) is 32.6 Å². The van der Waals surface area contributed by atoms with Crippen LogP contribution in [0.4, 0.5) is 17.1 Å². The van der Waals surface area contributed by atoms with Gasteiger partial charge >= 0.3 is 0 Å². The Labute approximate surface area is 230 Å². The second-order valence-corrected chi connectivity index (χ2v) is 12.6. The lowest BCUT2D eigenvalue weighted by atomic mass is 10.2. The fourth-order valence-electron chi connectivity index (χ4n) is 3.73. The largest absolute Gasteiger partial charge is 0.486 e. The van der Waals surface area contributed by atoms with Crippen molar-refractivity contribution in [3.8, 4) is 11.5 Å². The number of nitrogens with zero attached hydrogens (tertiary/aromatic N) is 1. The van der Waals surface area contributed by atoms with Crippen LogP contribution in [0.25, 0.3) is 0 Å². The molecule has 1 aliphatic heterocycles. The zero-order valence-electron chi connectivity index (χ0n) is 20.1. The van der Waals surface area contributed by atoms with Crippen LogP contribution in [-0.4, -0.2) is 48.3 Å². The van der Waals surface area contributed by atoms with Crippen molar-refractivity contribution in [2.45, 2.75) is 17.9 Å². The van der Waals surface area contributed by atoms with Crippen LogP contribution in [-0.2, 0) is 24.8 Å². The number of hydrogen-bond donors (Lipinski definition) is 2. The fraction of sp³-hybridized carbons (Fsp3) is 0.208.